The number of likely N-dealkylation sites (N-methyl/N-ethyl adjacent to an activating group) is 1. The molecule has 0 bridgehead atoms. The molecule has 2 aromatic carbocycles. The van der Waals surface area contributed by atoms with Gasteiger partial charge in [-0.25, -0.2) is 0 Å². The summed E-state index contributed by atoms with van der Waals surface area (Å²) in [7, 11) is 2.20. The van der Waals surface area contributed by atoms with Crippen LogP contribution < -0.4 is 4.74 Å². The number of hydrogen-bond acceptors (Lipinski definition) is 3. The van der Waals surface area contributed by atoms with E-state index in [2.05, 4.69) is 60.5 Å². The van der Waals surface area contributed by atoms with Gasteiger partial charge in [0, 0.05) is 6.54 Å². The van der Waals surface area contributed by atoms with Crippen LogP contribution >= 0.6 is 0 Å². The van der Waals surface area contributed by atoms with Gasteiger partial charge in [0.15, 0.2) is 0 Å². The van der Waals surface area contributed by atoms with Crippen molar-refractivity contribution in [3.63, 3.8) is 0 Å². The number of ether oxygens (including phenoxy) is 1. The summed E-state index contributed by atoms with van der Waals surface area (Å²) < 4.78 is 6.12. The van der Waals surface area contributed by atoms with Crippen LogP contribution in [0, 0.1) is 5.92 Å². The number of aryl methyl sites for hydroxylation is 1. The van der Waals surface area contributed by atoms with Crippen LogP contribution in [0.5, 0.6) is 5.75 Å². The number of rotatable bonds is 10. The maximum atomic E-state index is 11.3. The van der Waals surface area contributed by atoms with Crippen molar-refractivity contribution < 1.29 is 14.6 Å². The molecule has 0 radical (unpaired) electrons. The number of nitrogens with zero attached hydrogens (tertiary/aromatic N) is 1. The van der Waals surface area contributed by atoms with Gasteiger partial charge in [0.05, 0.1) is 12.5 Å². The van der Waals surface area contributed by atoms with Gasteiger partial charge < -0.3 is 14.7 Å². The third kappa shape index (κ3) is 5.53. The molecule has 172 valence electrons. The molecular weight excluding hydrogens is 398 g/mol. The van der Waals surface area contributed by atoms with Crippen LogP contribution in [0.3, 0.4) is 0 Å². The van der Waals surface area contributed by atoms with Gasteiger partial charge in [-0.2, -0.15) is 0 Å². The number of carboxylic acid groups (broad SMARTS) is 1. The smallest absolute Gasteiger partial charge is 0.306 e. The zero-order valence-corrected chi connectivity index (χ0v) is 19.4. The molecule has 2 aromatic rings. The predicted molar refractivity (Wildman–Crippen MR) is 128 cm³/mol. The van der Waals surface area contributed by atoms with Crippen molar-refractivity contribution in [1.82, 2.24) is 4.90 Å². The Balaban J connectivity index is 1.20. The normalized spacial score (nSPS) is 22.2. The molecule has 32 heavy (non-hydrogen) atoms. The summed E-state index contributed by atoms with van der Waals surface area (Å²) in [4.78, 5) is 13.8. The Hall–Kier alpha value is -2.33. The standard InChI is InChI=1S/C28H37NO3/c1-29(19-14-22-7-3-2-4-8-22)18-5-6-20-32-25-10-9-23-11-15-28(26(23)21-25)16-12-24(13-17-28)27(30)31/h2-4,7-10,21,24H,5-6,11-20H2,1H3,(H,30,31). The van der Waals surface area contributed by atoms with Gasteiger partial charge in [-0.3, -0.25) is 4.79 Å². The van der Waals surface area contributed by atoms with Gasteiger partial charge in [0.2, 0.25) is 0 Å². The highest BCUT2D eigenvalue weighted by atomic mass is 16.5. The number of carbonyl (C=O) groups is 1. The lowest BCUT2D eigenvalue weighted by Crippen LogP contribution is -2.32. The molecule has 1 N–H and O–H groups in total. The van der Waals surface area contributed by atoms with Crippen LogP contribution in [-0.4, -0.2) is 42.7 Å². The maximum Gasteiger partial charge on any atom is 0.306 e. The van der Waals surface area contributed by atoms with E-state index in [9.17, 15) is 9.90 Å². The fourth-order valence-electron chi connectivity index (χ4n) is 5.55. The zero-order chi connectivity index (χ0) is 22.4. The predicted octanol–water partition coefficient (Wildman–Crippen LogP) is 5.48. The summed E-state index contributed by atoms with van der Waals surface area (Å²) in [5.41, 5.74) is 4.45. The van der Waals surface area contributed by atoms with E-state index in [-0.39, 0.29) is 11.3 Å². The van der Waals surface area contributed by atoms with Gasteiger partial charge in [0.25, 0.3) is 0 Å². The summed E-state index contributed by atoms with van der Waals surface area (Å²) in [5, 5.41) is 9.34. The Kier molecular flexibility index (Phi) is 7.51. The molecule has 1 spiro atoms. The summed E-state index contributed by atoms with van der Waals surface area (Å²) in [5.74, 6) is 0.193. The Morgan fingerprint density at radius 3 is 2.59 bits per heavy atom. The molecule has 4 nitrogen and oxygen atoms in total. The third-order valence-corrected chi connectivity index (χ3v) is 7.65. The summed E-state index contributed by atoms with van der Waals surface area (Å²) in [6, 6.07) is 17.3. The number of hydrogen-bond donors (Lipinski definition) is 1. The topological polar surface area (TPSA) is 49.8 Å². The second-order valence-corrected chi connectivity index (χ2v) is 9.81. The lowest BCUT2D eigenvalue weighted by atomic mass is 9.67. The van der Waals surface area contributed by atoms with Crippen LogP contribution in [0.4, 0.5) is 0 Å². The Labute approximate surface area is 192 Å². The number of aliphatic carboxylic acids is 1. The zero-order valence-electron chi connectivity index (χ0n) is 19.4. The van der Waals surface area contributed by atoms with E-state index in [0.29, 0.717) is 0 Å². The van der Waals surface area contributed by atoms with E-state index in [1.165, 1.54) is 16.7 Å². The van der Waals surface area contributed by atoms with Crippen molar-refractivity contribution >= 4 is 5.97 Å². The van der Waals surface area contributed by atoms with Crippen LogP contribution in [-0.2, 0) is 23.1 Å². The van der Waals surface area contributed by atoms with Crippen LogP contribution in [0.15, 0.2) is 48.5 Å². The second kappa shape index (κ2) is 10.5. The third-order valence-electron chi connectivity index (χ3n) is 7.65. The van der Waals surface area contributed by atoms with Crippen molar-refractivity contribution in [3.8, 4) is 5.75 Å². The van der Waals surface area contributed by atoms with Crippen molar-refractivity contribution in [2.24, 2.45) is 5.92 Å². The summed E-state index contributed by atoms with van der Waals surface area (Å²) in [6.45, 7) is 2.92. The number of benzene rings is 2. The molecule has 0 saturated heterocycles. The van der Waals surface area contributed by atoms with Crippen LogP contribution in [0.2, 0.25) is 0 Å². The molecule has 0 aliphatic heterocycles. The molecule has 0 amide bonds. The first-order valence-corrected chi connectivity index (χ1v) is 12.3. The second-order valence-electron chi connectivity index (χ2n) is 9.81. The number of unbranched alkanes of at least 4 members (excludes halogenated alkanes) is 1. The van der Waals surface area contributed by atoms with Gasteiger partial charge >= 0.3 is 5.97 Å². The quantitative estimate of drug-likeness (QED) is 0.502. The highest BCUT2D eigenvalue weighted by Crippen LogP contribution is 2.50. The van der Waals surface area contributed by atoms with E-state index in [4.69, 9.17) is 4.74 Å². The van der Waals surface area contributed by atoms with E-state index in [0.717, 1.165) is 83.2 Å². The van der Waals surface area contributed by atoms with Crippen LogP contribution in [0.1, 0.15) is 61.6 Å². The summed E-state index contributed by atoms with van der Waals surface area (Å²) >= 11 is 0. The van der Waals surface area contributed by atoms with Crippen LogP contribution in [0.25, 0.3) is 0 Å². The molecule has 4 heteroatoms. The fraction of sp³-hybridized carbons (Fsp3) is 0.536. The lowest BCUT2D eigenvalue weighted by molar-refractivity contribution is -0.143. The Morgan fingerprint density at radius 1 is 1.06 bits per heavy atom. The minimum Gasteiger partial charge on any atom is -0.494 e. The first kappa shape index (κ1) is 22.8. The largest absolute Gasteiger partial charge is 0.494 e. The van der Waals surface area contributed by atoms with Gasteiger partial charge in [-0.15, -0.1) is 0 Å². The van der Waals surface area contributed by atoms with Crippen molar-refractivity contribution in [1.29, 1.82) is 0 Å². The molecular formula is C28H37NO3. The molecule has 2 aliphatic rings. The molecule has 2 aliphatic carbocycles. The maximum absolute atomic E-state index is 11.3. The van der Waals surface area contributed by atoms with E-state index in [1.807, 2.05) is 0 Å². The summed E-state index contributed by atoms with van der Waals surface area (Å²) in [6.07, 6.45) is 9.16. The molecule has 1 fully saturated rings. The first-order valence-electron chi connectivity index (χ1n) is 12.3. The lowest BCUT2D eigenvalue weighted by Gasteiger charge is -2.37. The van der Waals surface area contributed by atoms with Crippen molar-refractivity contribution in [2.45, 2.75) is 63.2 Å². The SMILES string of the molecule is CN(CCCCOc1ccc2c(c1)C1(CC2)CCC(C(=O)O)CC1)CCc1ccccc1. The van der Waals surface area contributed by atoms with Gasteiger partial charge in [-0.05, 0) is 106 Å². The van der Waals surface area contributed by atoms with Crippen molar-refractivity contribution in [2.75, 3.05) is 26.7 Å². The van der Waals surface area contributed by atoms with E-state index in [1.54, 1.807) is 0 Å². The molecule has 0 atom stereocenters. The minimum absolute atomic E-state index is 0.157. The van der Waals surface area contributed by atoms with Gasteiger partial charge in [0.1, 0.15) is 5.75 Å². The monoisotopic (exact) mass is 435 g/mol. The van der Waals surface area contributed by atoms with E-state index >= 15 is 0 Å². The van der Waals surface area contributed by atoms with Crippen molar-refractivity contribution in [3.05, 3.63) is 65.2 Å². The number of carboxylic acids is 1. The van der Waals surface area contributed by atoms with E-state index < -0.39 is 5.97 Å². The first-order chi connectivity index (χ1) is 15.6. The highest BCUT2D eigenvalue weighted by molar-refractivity contribution is 5.70. The minimum atomic E-state index is -0.624. The highest BCUT2D eigenvalue weighted by Gasteiger charge is 2.42. The molecule has 1 saturated carbocycles. The average Bonchev–Trinajstić information content (AvgIpc) is 3.16. The fourth-order valence-corrected chi connectivity index (χ4v) is 5.55. The Morgan fingerprint density at radius 2 is 1.84 bits per heavy atom. The molecule has 0 heterocycles. The molecule has 4 rings (SSSR count). The Bertz CT molecular complexity index is 887. The average molecular weight is 436 g/mol. The molecule has 0 aromatic heterocycles. The molecule has 0 unspecified atom stereocenters. The number of fused-ring (bicyclic) bond motifs is 2. The van der Waals surface area contributed by atoms with Gasteiger partial charge in [-0.1, -0.05) is 36.4 Å².